The lowest BCUT2D eigenvalue weighted by Gasteiger charge is -2.20. The van der Waals surface area contributed by atoms with E-state index in [9.17, 15) is 9.50 Å². The van der Waals surface area contributed by atoms with Gasteiger partial charge in [-0.1, -0.05) is 5.16 Å². The molecule has 1 fully saturated rings. The molecule has 0 bridgehead atoms. The molecule has 1 atom stereocenters. The lowest BCUT2D eigenvalue weighted by Crippen LogP contribution is -2.31. The maximum atomic E-state index is 12.8. The molecule has 1 aliphatic rings. The van der Waals surface area contributed by atoms with Crippen molar-refractivity contribution >= 4 is 0 Å². The lowest BCUT2D eigenvalue weighted by atomic mass is 10.2. The molecule has 1 aromatic heterocycles. The summed E-state index contributed by atoms with van der Waals surface area (Å²) in [5, 5.41) is 13.2. The molecule has 2 aromatic rings. The zero-order chi connectivity index (χ0) is 15.4. The first-order valence-electron chi connectivity index (χ1n) is 7.29. The fourth-order valence-electron chi connectivity index (χ4n) is 2.58. The maximum Gasteiger partial charge on any atom is 0.240 e. The number of halogens is 1. The summed E-state index contributed by atoms with van der Waals surface area (Å²) < 4.78 is 23.5. The topological polar surface area (TPSA) is 71.6 Å². The SMILES string of the molecule is OC[C@H]1CCCN1Cc1nc(COc2ccc(F)cc2)no1. The van der Waals surface area contributed by atoms with E-state index in [1.165, 1.54) is 12.1 Å². The van der Waals surface area contributed by atoms with Gasteiger partial charge in [-0.25, -0.2) is 4.39 Å². The second-order valence-electron chi connectivity index (χ2n) is 5.30. The minimum atomic E-state index is -0.307. The molecule has 0 amide bonds. The number of hydrogen-bond donors (Lipinski definition) is 1. The van der Waals surface area contributed by atoms with Gasteiger partial charge in [0.25, 0.3) is 0 Å². The molecule has 1 N–H and O–H groups in total. The normalized spacial score (nSPS) is 18.7. The Hall–Kier alpha value is -1.99. The van der Waals surface area contributed by atoms with Gasteiger partial charge >= 0.3 is 0 Å². The molecule has 1 saturated heterocycles. The molecule has 0 aliphatic carbocycles. The number of rotatable bonds is 6. The smallest absolute Gasteiger partial charge is 0.240 e. The first-order chi connectivity index (χ1) is 10.7. The zero-order valence-corrected chi connectivity index (χ0v) is 12.1. The standard InChI is InChI=1S/C15H18FN3O3/c16-11-3-5-13(6-4-11)21-10-14-17-15(22-18-14)8-19-7-1-2-12(19)9-20/h3-6,12,20H,1-2,7-10H2/t12-/m1/s1. The highest BCUT2D eigenvalue weighted by Crippen LogP contribution is 2.19. The predicted octanol–water partition coefficient (Wildman–Crippen LogP) is 1.74. The van der Waals surface area contributed by atoms with Crippen LogP contribution in [0.5, 0.6) is 5.75 Å². The van der Waals surface area contributed by atoms with E-state index in [-0.39, 0.29) is 25.1 Å². The van der Waals surface area contributed by atoms with Crippen molar-refractivity contribution in [3.05, 3.63) is 41.8 Å². The van der Waals surface area contributed by atoms with Gasteiger partial charge in [-0.3, -0.25) is 4.90 Å². The monoisotopic (exact) mass is 307 g/mol. The van der Waals surface area contributed by atoms with E-state index in [1.54, 1.807) is 12.1 Å². The third-order valence-corrected chi connectivity index (χ3v) is 3.74. The summed E-state index contributed by atoms with van der Waals surface area (Å²) in [6.07, 6.45) is 2.06. The van der Waals surface area contributed by atoms with Crippen LogP contribution in [0.25, 0.3) is 0 Å². The lowest BCUT2D eigenvalue weighted by molar-refractivity contribution is 0.141. The van der Waals surface area contributed by atoms with Crippen LogP contribution in [0.3, 0.4) is 0 Å². The van der Waals surface area contributed by atoms with Crippen LogP contribution < -0.4 is 4.74 Å². The Morgan fingerprint density at radius 2 is 2.18 bits per heavy atom. The summed E-state index contributed by atoms with van der Waals surface area (Å²) in [6, 6.07) is 5.93. The third kappa shape index (κ3) is 3.61. The second kappa shape index (κ2) is 6.85. The number of aliphatic hydroxyl groups excluding tert-OH is 1. The number of aromatic nitrogens is 2. The zero-order valence-electron chi connectivity index (χ0n) is 12.1. The average Bonchev–Trinajstić information content (AvgIpc) is 3.16. The van der Waals surface area contributed by atoms with Crippen molar-refractivity contribution in [2.45, 2.75) is 32.0 Å². The molecule has 22 heavy (non-hydrogen) atoms. The van der Waals surface area contributed by atoms with Crippen molar-refractivity contribution in [2.24, 2.45) is 0 Å². The van der Waals surface area contributed by atoms with E-state index in [0.717, 1.165) is 19.4 Å². The molecule has 7 heteroatoms. The minimum absolute atomic E-state index is 0.147. The van der Waals surface area contributed by atoms with E-state index < -0.39 is 0 Å². The van der Waals surface area contributed by atoms with Gasteiger partial charge in [0, 0.05) is 6.04 Å². The fraction of sp³-hybridized carbons (Fsp3) is 0.467. The first kappa shape index (κ1) is 14.9. The van der Waals surface area contributed by atoms with Crippen molar-refractivity contribution in [2.75, 3.05) is 13.2 Å². The minimum Gasteiger partial charge on any atom is -0.485 e. The van der Waals surface area contributed by atoms with Crippen molar-refractivity contribution in [3.63, 3.8) is 0 Å². The molecule has 1 aromatic carbocycles. The van der Waals surface area contributed by atoms with Crippen molar-refractivity contribution < 1.29 is 18.8 Å². The molecule has 0 saturated carbocycles. The van der Waals surface area contributed by atoms with Crippen LogP contribution in [0.2, 0.25) is 0 Å². The fourth-order valence-corrected chi connectivity index (χ4v) is 2.58. The Labute approximate surface area is 127 Å². The van der Waals surface area contributed by atoms with E-state index in [0.29, 0.717) is 24.0 Å². The van der Waals surface area contributed by atoms with Crippen LogP contribution >= 0.6 is 0 Å². The highest BCUT2D eigenvalue weighted by molar-refractivity contribution is 5.22. The van der Waals surface area contributed by atoms with Gasteiger partial charge in [0.15, 0.2) is 6.61 Å². The van der Waals surface area contributed by atoms with Crippen LogP contribution in [-0.2, 0) is 13.2 Å². The van der Waals surface area contributed by atoms with Crippen LogP contribution in [-0.4, -0.2) is 39.3 Å². The highest BCUT2D eigenvalue weighted by atomic mass is 19.1. The third-order valence-electron chi connectivity index (χ3n) is 3.74. The molecule has 6 nitrogen and oxygen atoms in total. The summed E-state index contributed by atoms with van der Waals surface area (Å²) in [6.45, 7) is 1.77. The summed E-state index contributed by atoms with van der Waals surface area (Å²) >= 11 is 0. The number of nitrogens with zero attached hydrogens (tertiary/aromatic N) is 3. The first-order valence-corrected chi connectivity index (χ1v) is 7.29. The molecule has 0 unspecified atom stereocenters. The van der Waals surface area contributed by atoms with Crippen molar-refractivity contribution in [1.29, 1.82) is 0 Å². The predicted molar refractivity (Wildman–Crippen MR) is 75.5 cm³/mol. The molecule has 3 rings (SSSR count). The number of hydrogen-bond acceptors (Lipinski definition) is 6. The van der Waals surface area contributed by atoms with Crippen LogP contribution in [0.15, 0.2) is 28.8 Å². The van der Waals surface area contributed by atoms with E-state index in [4.69, 9.17) is 9.26 Å². The van der Waals surface area contributed by atoms with Crippen molar-refractivity contribution in [1.82, 2.24) is 15.0 Å². The summed E-state index contributed by atoms with van der Waals surface area (Å²) in [4.78, 5) is 6.41. The molecule has 0 spiro atoms. The summed E-state index contributed by atoms with van der Waals surface area (Å²) in [5.74, 6) is 1.20. The molecular weight excluding hydrogens is 289 g/mol. The van der Waals surface area contributed by atoms with Crippen LogP contribution in [0.4, 0.5) is 4.39 Å². The summed E-state index contributed by atoms with van der Waals surface area (Å²) in [5.41, 5.74) is 0. The van der Waals surface area contributed by atoms with Gasteiger partial charge in [0.2, 0.25) is 11.7 Å². The quantitative estimate of drug-likeness (QED) is 0.876. The maximum absolute atomic E-state index is 12.8. The Balaban J connectivity index is 1.53. The van der Waals surface area contributed by atoms with Gasteiger partial charge in [0.05, 0.1) is 13.2 Å². The number of ether oxygens (including phenoxy) is 1. The Morgan fingerprint density at radius 1 is 1.36 bits per heavy atom. The average molecular weight is 307 g/mol. The molecule has 2 heterocycles. The van der Waals surface area contributed by atoms with Crippen molar-refractivity contribution in [3.8, 4) is 5.75 Å². The van der Waals surface area contributed by atoms with Gasteiger partial charge in [-0.2, -0.15) is 4.98 Å². The van der Waals surface area contributed by atoms with Crippen LogP contribution in [0, 0.1) is 5.82 Å². The Kier molecular flexibility index (Phi) is 4.65. The highest BCUT2D eigenvalue weighted by Gasteiger charge is 2.25. The Morgan fingerprint density at radius 3 is 2.95 bits per heavy atom. The number of aliphatic hydroxyl groups is 1. The molecule has 118 valence electrons. The molecule has 0 radical (unpaired) electrons. The van der Waals surface area contributed by atoms with Gasteiger partial charge < -0.3 is 14.4 Å². The van der Waals surface area contributed by atoms with Gasteiger partial charge in [-0.15, -0.1) is 0 Å². The summed E-state index contributed by atoms with van der Waals surface area (Å²) in [7, 11) is 0. The largest absolute Gasteiger partial charge is 0.485 e. The molecule has 1 aliphatic heterocycles. The van der Waals surface area contributed by atoms with Gasteiger partial charge in [-0.05, 0) is 43.7 Å². The number of likely N-dealkylation sites (tertiary alicyclic amines) is 1. The second-order valence-corrected chi connectivity index (χ2v) is 5.30. The van der Waals surface area contributed by atoms with E-state index in [1.807, 2.05) is 0 Å². The Bertz CT molecular complexity index is 602. The molecular formula is C15H18FN3O3. The number of benzene rings is 1. The van der Waals surface area contributed by atoms with E-state index >= 15 is 0 Å². The van der Waals surface area contributed by atoms with Gasteiger partial charge in [0.1, 0.15) is 11.6 Å². The van der Waals surface area contributed by atoms with Crippen LogP contribution in [0.1, 0.15) is 24.6 Å². The van der Waals surface area contributed by atoms with E-state index in [2.05, 4.69) is 15.0 Å².